The highest BCUT2D eigenvalue weighted by Crippen LogP contribution is 2.27. The number of rotatable bonds is 8. The van der Waals surface area contributed by atoms with Gasteiger partial charge in [-0.1, -0.05) is 20.3 Å². The van der Waals surface area contributed by atoms with Crippen LogP contribution in [0, 0.1) is 5.92 Å². The third kappa shape index (κ3) is 4.06. The normalized spacial score (nSPS) is 14.1. The summed E-state index contributed by atoms with van der Waals surface area (Å²) < 4.78 is 6.94. The van der Waals surface area contributed by atoms with Gasteiger partial charge in [-0.25, -0.2) is 4.98 Å². The zero-order chi connectivity index (χ0) is 14.3. The zero-order valence-corrected chi connectivity index (χ0v) is 12.0. The quantitative estimate of drug-likeness (QED) is 0.735. The predicted molar refractivity (Wildman–Crippen MR) is 72.5 cm³/mol. The van der Waals surface area contributed by atoms with E-state index >= 15 is 0 Å². The Morgan fingerprint density at radius 2 is 2.16 bits per heavy atom. The second-order valence-electron chi connectivity index (χ2n) is 4.60. The standard InChI is InChI=1S/C14H24N2O3/c1-4-7-11(14(18)19-6-3)13(17)12-9-15-10-16(12)8-5-2/h9-11,13,17H,4-8H2,1-3H3. The van der Waals surface area contributed by atoms with E-state index in [4.69, 9.17) is 4.74 Å². The third-order valence-electron chi connectivity index (χ3n) is 3.08. The number of ether oxygens (including phenoxy) is 1. The fraction of sp³-hybridized carbons (Fsp3) is 0.714. The third-order valence-corrected chi connectivity index (χ3v) is 3.08. The maximum atomic E-state index is 11.9. The fourth-order valence-electron chi connectivity index (χ4n) is 2.18. The van der Waals surface area contributed by atoms with Crippen molar-refractivity contribution in [2.24, 2.45) is 5.92 Å². The molecule has 19 heavy (non-hydrogen) atoms. The van der Waals surface area contributed by atoms with Crippen molar-refractivity contribution in [1.29, 1.82) is 0 Å². The molecule has 1 heterocycles. The highest BCUT2D eigenvalue weighted by atomic mass is 16.5. The molecule has 0 fully saturated rings. The number of aliphatic hydroxyl groups is 1. The van der Waals surface area contributed by atoms with Gasteiger partial charge in [-0.15, -0.1) is 0 Å². The number of aliphatic hydroxyl groups excluding tert-OH is 1. The predicted octanol–water partition coefficient (Wildman–Crippen LogP) is 2.31. The number of hydrogen-bond acceptors (Lipinski definition) is 4. The lowest BCUT2D eigenvalue weighted by Crippen LogP contribution is -2.26. The Morgan fingerprint density at radius 3 is 2.74 bits per heavy atom. The summed E-state index contributed by atoms with van der Waals surface area (Å²) in [4.78, 5) is 16.0. The molecule has 0 aliphatic rings. The van der Waals surface area contributed by atoms with Crippen LogP contribution in [0.1, 0.15) is 51.8 Å². The number of imidazole rings is 1. The summed E-state index contributed by atoms with van der Waals surface area (Å²) in [6.07, 6.45) is 4.85. The van der Waals surface area contributed by atoms with Crippen LogP contribution in [-0.4, -0.2) is 27.2 Å². The van der Waals surface area contributed by atoms with Gasteiger partial charge < -0.3 is 14.4 Å². The Labute approximate surface area is 114 Å². The molecule has 1 N–H and O–H groups in total. The van der Waals surface area contributed by atoms with Crippen LogP contribution in [0.25, 0.3) is 0 Å². The van der Waals surface area contributed by atoms with E-state index in [-0.39, 0.29) is 5.97 Å². The number of nitrogens with zero attached hydrogens (tertiary/aromatic N) is 2. The lowest BCUT2D eigenvalue weighted by Gasteiger charge is -2.21. The van der Waals surface area contributed by atoms with E-state index in [0.717, 1.165) is 19.4 Å². The Morgan fingerprint density at radius 1 is 1.42 bits per heavy atom. The number of carbonyl (C=O) groups excluding carboxylic acids is 1. The van der Waals surface area contributed by atoms with Gasteiger partial charge in [-0.3, -0.25) is 4.79 Å². The molecule has 1 aromatic rings. The van der Waals surface area contributed by atoms with Crippen LogP contribution in [0.2, 0.25) is 0 Å². The lowest BCUT2D eigenvalue weighted by atomic mass is 9.95. The first-order valence-corrected chi connectivity index (χ1v) is 7.00. The van der Waals surface area contributed by atoms with Gasteiger partial charge in [-0.2, -0.15) is 0 Å². The highest BCUT2D eigenvalue weighted by molar-refractivity contribution is 5.73. The Kier molecular flexibility index (Phi) is 6.56. The number of aromatic nitrogens is 2. The van der Waals surface area contributed by atoms with Gasteiger partial charge in [0.05, 0.1) is 30.7 Å². The average molecular weight is 268 g/mol. The molecule has 108 valence electrons. The van der Waals surface area contributed by atoms with Crippen molar-refractivity contribution in [2.45, 2.75) is 52.7 Å². The molecule has 0 saturated heterocycles. The van der Waals surface area contributed by atoms with E-state index in [1.165, 1.54) is 0 Å². The second-order valence-corrected chi connectivity index (χ2v) is 4.60. The fourth-order valence-corrected chi connectivity index (χ4v) is 2.18. The van der Waals surface area contributed by atoms with Crippen molar-refractivity contribution in [2.75, 3.05) is 6.61 Å². The van der Waals surface area contributed by atoms with E-state index in [1.54, 1.807) is 19.4 Å². The number of hydrogen-bond donors (Lipinski definition) is 1. The van der Waals surface area contributed by atoms with E-state index < -0.39 is 12.0 Å². The van der Waals surface area contributed by atoms with Crippen molar-refractivity contribution < 1.29 is 14.6 Å². The first-order valence-electron chi connectivity index (χ1n) is 7.00. The minimum absolute atomic E-state index is 0.332. The minimum Gasteiger partial charge on any atom is -0.466 e. The van der Waals surface area contributed by atoms with Crippen LogP contribution >= 0.6 is 0 Å². The molecule has 2 atom stereocenters. The van der Waals surface area contributed by atoms with Gasteiger partial charge in [0.2, 0.25) is 0 Å². The molecule has 0 aliphatic heterocycles. The number of esters is 1. The molecule has 5 nitrogen and oxygen atoms in total. The Hall–Kier alpha value is -1.36. The Balaban J connectivity index is 2.88. The first-order chi connectivity index (χ1) is 9.15. The molecule has 0 aromatic carbocycles. The molecule has 0 radical (unpaired) electrons. The summed E-state index contributed by atoms with van der Waals surface area (Å²) in [5.41, 5.74) is 0.688. The maximum Gasteiger partial charge on any atom is 0.311 e. The molecule has 0 spiro atoms. The lowest BCUT2D eigenvalue weighted by molar-refractivity contribution is -0.152. The van der Waals surface area contributed by atoms with E-state index in [2.05, 4.69) is 11.9 Å². The summed E-state index contributed by atoms with van der Waals surface area (Å²) >= 11 is 0. The van der Waals surface area contributed by atoms with Gasteiger partial charge in [0, 0.05) is 6.54 Å². The molecule has 0 saturated carbocycles. The molecule has 2 unspecified atom stereocenters. The Bertz CT molecular complexity index is 390. The largest absolute Gasteiger partial charge is 0.466 e. The van der Waals surface area contributed by atoms with E-state index in [1.807, 2.05) is 11.5 Å². The van der Waals surface area contributed by atoms with E-state index in [0.29, 0.717) is 18.7 Å². The van der Waals surface area contributed by atoms with Gasteiger partial charge in [0.1, 0.15) is 6.10 Å². The molecule has 1 rings (SSSR count). The smallest absolute Gasteiger partial charge is 0.311 e. The minimum atomic E-state index is -0.854. The molecule has 0 amide bonds. The zero-order valence-electron chi connectivity index (χ0n) is 12.0. The van der Waals surface area contributed by atoms with Gasteiger partial charge in [0.25, 0.3) is 0 Å². The van der Waals surface area contributed by atoms with Crippen LogP contribution < -0.4 is 0 Å². The monoisotopic (exact) mass is 268 g/mol. The average Bonchev–Trinajstić information content (AvgIpc) is 2.84. The molecule has 5 heteroatoms. The number of carbonyl (C=O) groups is 1. The van der Waals surface area contributed by atoms with Crippen LogP contribution in [-0.2, 0) is 16.1 Å². The summed E-state index contributed by atoms with van der Waals surface area (Å²) in [6.45, 7) is 6.94. The second kappa shape index (κ2) is 7.94. The van der Waals surface area contributed by atoms with Gasteiger partial charge in [0.15, 0.2) is 0 Å². The molecular formula is C14H24N2O3. The summed E-state index contributed by atoms with van der Waals surface area (Å²) in [5.74, 6) is -0.849. The van der Waals surface area contributed by atoms with Gasteiger partial charge in [-0.05, 0) is 19.8 Å². The molecule has 0 aliphatic carbocycles. The summed E-state index contributed by atoms with van der Waals surface area (Å²) in [7, 11) is 0. The van der Waals surface area contributed by atoms with Crippen molar-refractivity contribution in [3.05, 3.63) is 18.2 Å². The number of aryl methyl sites for hydroxylation is 1. The van der Waals surface area contributed by atoms with Crippen molar-refractivity contribution in [3.63, 3.8) is 0 Å². The maximum absolute atomic E-state index is 11.9. The summed E-state index contributed by atoms with van der Waals surface area (Å²) in [5, 5.41) is 10.4. The van der Waals surface area contributed by atoms with Crippen LogP contribution in [0.3, 0.4) is 0 Å². The first kappa shape index (κ1) is 15.7. The van der Waals surface area contributed by atoms with Crippen LogP contribution in [0.5, 0.6) is 0 Å². The van der Waals surface area contributed by atoms with Crippen molar-refractivity contribution in [1.82, 2.24) is 9.55 Å². The highest BCUT2D eigenvalue weighted by Gasteiger charge is 2.30. The molecule has 1 aromatic heterocycles. The topological polar surface area (TPSA) is 64.3 Å². The SMILES string of the molecule is CCCC(C(=O)OCC)C(O)c1cncn1CCC. The van der Waals surface area contributed by atoms with Crippen molar-refractivity contribution >= 4 is 5.97 Å². The summed E-state index contributed by atoms with van der Waals surface area (Å²) in [6, 6.07) is 0. The molecule has 0 bridgehead atoms. The van der Waals surface area contributed by atoms with E-state index in [9.17, 15) is 9.90 Å². The van der Waals surface area contributed by atoms with Crippen LogP contribution in [0.15, 0.2) is 12.5 Å². The van der Waals surface area contributed by atoms with Crippen molar-refractivity contribution in [3.8, 4) is 0 Å². The molecular weight excluding hydrogens is 244 g/mol. The van der Waals surface area contributed by atoms with Gasteiger partial charge >= 0.3 is 5.97 Å². The van der Waals surface area contributed by atoms with Crippen LogP contribution in [0.4, 0.5) is 0 Å².